The molecular weight excluding hydrogens is 308 g/mol. The summed E-state index contributed by atoms with van der Waals surface area (Å²) in [5, 5.41) is 8.88. The Morgan fingerprint density at radius 1 is 1.21 bits per heavy atom. The molecule has 0 bridgehead atoms. The van der Waals surface area contributed by atoms with E-state index in [4.69, 9.17) is 9.84 Å². The van der Waals surface area contributed by atoms with Crippen molar-refractivity contribution < 1.29 is 19.4 Å². The summed E-state index contributed by atoms with van der Waals surface area (Å²) in [4.78, 5) is 27.2. The average molecular weight is 334 g/mol. The number of carboxylic acid groups (broad SMARTS) is 1. The summed E-state index contributed by atoms with van der Waals surface area (Å²) in [7, 11) is 0. The minimum absolute atomic E-state index is 0.105. The number of benzene rings is 1. The maximum absolute atomic E-state index is 12.6. The second-order valence-corrected chi connectivity index (χ2v) is 7.04. The van der Waals surface area contributed by atoms with Crippen LogP contribution in [-0.4, -0.2) is 58.7 Å². The maximum Gasteiger partial charge on any atom is 0.410 e. The highest BCUT2D eigenvalue weighted by Gasteiger charge is 2.34. The van der Waals surface area contributed by atoms with Gasteiger partial charge in [-0.3, -0.25) is 14.6 Å². The first kappa shape index (κ1) is 18.3. The normalized spacial score (nSPS) is 19.1. The zero-order chi connectivity index (χ0) is 17.7. The van der Waals surface area contributed by atoms with E-state index in [0.29, 0.717) is 26.2 Å². The Balaban J connectivity index is 2.14. The molecule has 1 aliphatic heterocycles. The van der Waals surface area contributed by atoms with E-state index in [2.05, 4.69) is 4.90 Å². The molecule has 1 heterocycles. The van der Waals surface area contributed by atoms with Crippen LogP contribution in [0.5, 0.6) is 0 Å². The van der Waals surface area contributed by atoms with Gasteiger partial charge in [0.15, 0.2) is 0 Å². The van der Waals surface area contributed by atoms with E-state index < -0.39 is 11.6 Å². The third kappa shape index (κ3) is 5.23. The number of piperazine rings is 1. The highest BCUT2D eigenvalue weighted by Crippen LogP contribution is 2.27. The lowest BCUT2D eigenvalue weighted by molar-refractivity contribution is -0.137. The third-order valence-electron chi connectivity index (χ3n) is 3.92. The van der Waals surface area contributed by atoms with Crippen molar-refractivity contribution in [2.24, 2.45) is 0 Å². The Morgan fingerprint density at radius 3 is 2.46 bits per heavy atom. The minimum atomic E-state index is -0.805. The van der Waals surface area contributed by atoms with E-state index in [1.54, 1.807) is 4.90 Å². The molecule has 132 valence electrons. The van der Waals surface area contributed by atoms with Gasteiger partial charge in [0.25, 0.3) is 0 Å². The maximum atomic E-state index is 12.6. The van der Waals surface area contributed by atoms with Gasteiger partial charge < -0.3 is 9.84 Å². The SMILES string of the molecule is CC(C)(C)OC(=O)N1CCN(CCC(=O)O)C[C@H]1c1ccccc1. The van der Waals surface area contributed by atoms with Gasteiger partial charge in [-0.05, 0) is 26.3 Å². The van der Waals surface area contributed by atoms with Gasteiger partial charge in [0, 0.05) is 26.2 Å². The molecule has 1 aliphatic rings. The summed E-state index contributed by atoms with van der Waals surface area (Å²) >= 11 is 0. The van der Waals surface area contributed by atoms with E-state index in [1.807, 2.05) is 51.1 Å². The second-order valence-electron chi connectivity index (χ2n) is 7.04. The Morgan fingerprint density at radius 2 is 1.88 bits per heavy atom. The predicted octanol–water partition coefficient (Wildman–Crippen LogP) is 2.76. The number of amides is 1. The van der Waals surface area contributed by atoms with Crippen molar-refractivity contribution in [3.63, 3.8) is 0 Å². The molecule has 0 saturated carbocycles. The lowest BCUT2D eigenvalue weighted by atomic mass is 10.0. The van der Waals surface area contributed by atoms with Gasteiger partial charge in [-0.2, -0.15) is 0 Å². The number of hydrogen-bond acceptors (Lipinski definition) is 4. The standard InChI is InChI=1S/C18H26N2O4/c1-18(2,3)24-17(23)20-12-11-19(10-9-16(21)22)13-15(20)14-7-5-4-6-8-14/h4-8,15H,9-13H2,1-3H3,(H,21,22)/t15-/m0/s1. The van der Waals surface area contributed by atoms with E-state index in [9.17, 15) is 9.59 Å². The van der Waals surface area contributed by atoms with Gasteiger partial charge in [-0.15, -0.1) is 0 Å². The molecule has 0 unspecified atom stereocenters. The Kier molecular flexibility index (Phi) is 5.83. The highest BCUT2D eigenvalue weighted by atomic mass is 16.6. The van der Waals surface area contributed by atoms with Gasteiger partial charge >= 0.3 is 12.1 Å². The topological polar surface area (TPSA) is 70.1 Å². The van der Waals surface area contributed by atoms with E-state index in [0.717, 1.165) is 5.56 Å². The molecule has 1 aromatic carbocycles. The molecular formula is C18H26N2O4. The number of carbonyl (C=O) groups excluding carboxylic acids is 1. The molecule has 0 aromatic heterocycles. The smallest absolute Gasteiger partial charge is 0.410 e. The van der Waals surface area contributed by atoms with Crippen LogP contribution in [0.1, 0.15) is 38.8 Å². The number of nitrogens with zero attached hydrogens (tertiary/aromatic N) is 2. The van der Waals surface area contributed by atoms with Crippen LogP contribution >= 0.6 is 0 Å². The number of ether oxygens (including phenoxy) is 1. The fourth-order valence-electron chi connectivity index (χ4n) is 2.80. The number of aliphatic carboxylic acids is 1. The first-order chi connectivity index (χ1) is 11.3. The summed E-state index contributed by atoms with van der Waals surface area (Å²) in [5.74, 6) is -0.805. The van der Waals surface area contributed by atoms with Gasteiger partial charge in [-0.1, -0.05) is 30.3 Å². The van der Waals surface area contributed by atoms with Crippen molar-refractivity contribution in [1.82, 2.24) is 9.80 Å². The summed E-state index contributed by atoms with van der Waals surface area (Å²) in [6.07, 6.45) is -0.220. The average Bonchev–Trinajstić information content (AvgIpc) is 2.52. The number of carbonyl (C=O) groups is 2. The van der Waals surface area contributed by atoms with Gasteiger partial charge in [0.1, 0.15) is 5.60 Å². The molecule has 2 rings (SSSR count). The van der Waals surface area contributed by atoms with Crippen LogP contribution in [0.2, 0.25) is 0 Å². The van der Waals surface area contributed by atoms with Crippen LogP contribution in [-0.2, 0) is 9.53 Å². The molecule has 0 spiro atoms. The monoisotopic (exact) mass is 334 g/mol. The molecule has 24 heavy (non-hydrogen) atoms. The van der Waals surface area contributed by atoms with Crippen LogP contribution < -0.4 is 0 Å². The van der Waals surface area contributed by atoms with Crippen LogP contribution in [0.4, 0.5) is 4.79 Å². The Hall–Kier alpha value is -2.08. The van der Waals surface area contributed by atoms with Crippen molar-refractivity contribution >= 4 is 12.1 Å². The van der Waals surface area contributed by atoms with Gasteiger partial charge in [0.2, 0.25) is 0 Å². The molecule has 1 atom stereocenters. The van der Waals surface area contributed by atoms with E-state index >= 15 is 0 Å². The summed E-state index contributed by atoms with van der Waals surface area (Å²) in [6.45, 7) is 7.82. The summed E-state index contributed by atoms with van der Waals surface area (Å²) < 4.78 is 5.54. The van der Waals surface area contributed by atoms with Crippen LogP contribution in [0.3, 0.4) is 0 Å². The molecule has 0 aliphatic carbocycles. The minimum Gasteiger partial charge on any atom is -0.481 e. The molecule has 1 amide bonds. The zero-order valence-corrected chi connectivity index (χ0v) is 14.6. The number of hydrogen-bond donors (Lipinski definition) is 1. The molecule has 0 radical (unpaired) electrons. The quantitative estimate of drug-likeness (QED) is 0.917. The van der Waals surface area contributed by atoms with Crippen molar-refractivity contribution in [3.05, 3.63) is 35.9 Å². The highest BCUT2D eigenvalue weighted by molar-refractivity contribution is 5.69. The van der Waals surface area contributed by atoms with Crippen molar-refractivity contribution in [1.29, 1.82) is 0 Å². The first-order valence-corrected chi connectivity index (χ1v) is 8.25. The Labute approximate surface area is 143 Å². The van der Waals surface area contributed by atoms with Crippen LogP contribution in [0.15, 0.2) is 30.3 Å². The van der Waals surface area contributed by atoms with Gasteiger partial charge in [-0.25, -0.2) is 4.79 Å². The molecule has 6 heteroatoms. The van der Waals surface area contributed by atoms with Gasteiger partial charge in [0.05, 0.1) is 12.5 Å². The molecule has 1 saturated heterocycles. The zero-order valence-electron chi connectivity index (χ0n) is 14.6. The fraction of sp³-hybridized carbons (Fsp3) is 0.556. The Bertz CT molecular complexity index is 568. The molecule has 6 nitrogen and oxygen atoms in total. The second kappa shape index (κ2) is 7.66. The summed E-state index contributed by atoms with van der Waals surface area (Å²) in [5.41, 5.74) is 0.488. The summed E-state index contributed by atoms with van der Waals surface area (Å²) in [6, 6.07) is 9.67. The lowest BCUT2D eigenvalue weighted by Gasteiger charge is -2.41. The molecule has 1 aromatic rings. The lowest BCUT2D eigenvalue weighted by Crippen LogP contribution is -2.52. The van der Waals surface area contributed by atoms with E-state index in [1.165, 1.54) is 0 Å². The van der Waals surface area contributed by atoms with Crippen LogP contribution in [0.25, 0.3) is 0 Å². The van der Waals surface area contributed by atoms with Crippen molar-refractivity contribution in [2.45, 2.75) is 38.8 Å². The van der Waals surface area contributed by atoms with E-state index in [-0.39, 0.29) is 18.6 Å². The third-order valence-corrected chi connectivity index (χ3v) is 3.92. The fourth-order valence-corrected chi connectivity index (χ4v) is 2.80. The molecule has 1 fully saturated rings. The largest absolute Gasteiger partial charge is 0.481 e. The number of rotatable bonds is 4. The number of carboxylic acids is 1. The van der Waals surface area contributed by atoms with Crippen LogP contribution in [0, 0.1) is 0 Å². The first-order valence-electron chi connectivity index (χ1n) is 8.25. The molecule has 1 N–H and O–H groups in total. The van der Waals surface area contributed by atoms with Crippen molar-refractivity contribution in [2.75, 3.05) is 26.2 Å². The van der Waals surface area contributed by atoms with Crippen molar-refractivity contribution in [3.8, 4) is 0 Å². The predicted molar refractivity (Wildman–Crippen MR) is 90.8 cm³/mol.